The third kappa shape index (κ3) is 4.41. The molecule has 1 aromatic heterocycles. The zero-order chi connectivity index (χ0) is 12.1. The number of hydrogen-bond acceptors (Lipinski definition) is 3. The van der Waals surface area contributed by atoms with Crippen molar-refractivity contribution >= 4 is 11.3 Å². The molecule has 2 unspecified atom stereocenters. The van der Waals surface area contributed by atoms with Crippen LogP contribution in [-0.2, 0) is 6.42 Å². The van der Waals surface area contributed by atoms with Crippen LogP contribution in [0.3, 0.4) is 0 Å². The van der Waals surface area contributed by atoms with Gasteiger partial charge in [-0.1, -0.05) is 6.07 Å². The Kier molecular flexibility index (Phi) is 5.01. The largest absolute Gasteiger partial charge is 0.314 e. The molecule has 0 aliphatic carbocycles. The fourth-order valence-electron chi connectivity index (χ4n) is 2.61. The van der Waals surface area contributed by atoms with E-state index in [-0.39, 0.29) is 0 Å². The van der Waals surface area contributed by atoms with Crippen LogP contribution < -0.4 is 5.32 Å². The maximum Gasteiger partial charge on any atom is 0.00871 e. The smallest absolute Gasteiger partial charge is 0.00871 e. The van der Waals surface area contributed by atoms with Gasteiger partial charge in [0.05, 0.1) is 0 Å². The monoisotopic (exact) mass is 252 g/mol. The van der Waals surface area contributed by atoms with E-state index in [0.717, 1.165) is 5.92 Å². The van der Waals surface area contributed by atoms with Crippen LogP contribution in [0.25, 0.3) is 0 Å². The first-order chi connectivity index (χ1) is 8.24. The van der Waals surface area contributed by atoms with Crippen molar-refractivity contribution in [2.45, 2.75) is 32.2 Å². The average molecular weight is 252 g/mol. The van der Waals surface area contributed by atoms with Crippen molar-refractivity contribution in [3.8, 4) is 0 Å². The van der Waals surface area contributed by atoms with Gasteiger partial charge in [-0.2, -0.15) is 0 Å². The molecule has 2 nitrogen and oxygen atoms in total. The topological polar surface area (TPSA) is 15.3 Å². The third-order valence-corrected chi connectivity index (χ3v) is 4.46. The highest BCUT2D eigenvalue weighted by Gasteiger charge is 2.17. The van der Waals surface area contributed by atoms with Crippen molar-refractivity contribution in [3.05, 3.63) is 22.4 Å². The maximum atomic E-state index is 3.69. The van der Waals surface area contributed by atoms with E-state index in [9.17, 15) is 0 Å². The number of piperidine rings is 1. The molecule has 2 rings (SSSR count). The highest BCUT2D eigenvalue weighted by atomic mass is 32.1. The summed E-state index contributed by atoms with van der Waals surface area (Å²) >= 11 is 1.86. The molecule has 96 valence electrons. The summed E-state index contributed by atoms with van der Waals surface area (Å²) in [6.07, 6.45) is 3.92. The quantitative estimate of drug-likeness (QED) is 0.866. The van der Waals surface area contributed by atoms with Crippen molar-refractivity contribution in [2.24, 2.45) is 5.92 Å². The van der Waals surface area contributed by atoms with Gasteiger partial charge in [0, 0.05) is 17.5 Å². The molecule has 1 fully saturated rings. The first kappa shape index (κ1) is 13.1. The van der Waals surface area contributed by atoms with Crippen molar-refractivity contribution in [2.75, 3.05) is 26.7 Å². The highest BCUT2D eigenvalue weighted by molar-refractivity contribution is 7.09. The lowest BCUT2D eigenvalue weighted by Crippen LogP contribution is -2.40. The molecular formula is C14H24N2S. The lowest BCUT2D eigenvalue weighted by Gasteiger charge is -2.30. The third-order valence-electron chi connectivity index (χ3n) is 3.56. The van der Waals surface area contributed by atoms with Crippen molar-refractivity contribution < 1.29 is 0 Å². The molecule has 1 saturated heterocycles. The Morgan fingerprint density at radius 1 is 1.59 bits per heavy atom. The summed E-state index contributed by atoms with van der Waals surface area (Å²) in [7, 11) is 2.24. The Labute approximate surface area is 109 Å². The van der Waals surface area contributed by atoms with E-state index in [2.05, 4.69) is 41.7 Å². The standard InChI is InChI=1S/C14H24N2S/c1-12(9-14-6-4-8-17-14)15-10-13-5-3-7-16(2)11-13/h4,6,8,12-13,15H,3,5,7,9-11H2,1-2H3. The average Bonchev–Trinajstić information content (AvgIpc) is 2.79. The van der Waals surface area contributed by atoms with Gasteiger partial charge >= 0.3 is 0 Å². The van der Waals surface area contributed by atoms with Crippen molar-refractivity contribution in [1.29, 1.82) is 0 Å². The zero-order valence-corrected chi connectivity index (χ0v) is 11.8. The second-order valence-corrected chi connectivity index (χ2v) is 6.40. The molecule has 1 aliphatic rings. The summed E-state index contributed by atoms with van der Waals surface area (Å²) in [5.41, 5.74) is 0. The molecule has 3 heteroatoms. The lowest BCUT2D eigenvalue weighted by atomic mass is 9.98. The van der Waals surface area contributed by atoms with Gasteiger partial charge in [0.15, 0.2) is 0 Å². The van der Waals surface area contributed by atoms with Crippen molar-refractivity contribution in [1.82, 2.24) is 10.2 Å². The minimum absolute atomic E-state index is 0.598. The number of nitrogens with one attached hydrogen (secondary N) is 1. The summed E-state index contributed by atoms with van der Waals surface area (Å²) in [5.74, 6) is 0.847. The normalized spacial score (nSPS) is 23.8. The molecular weight excluding hydrogens is 228 g/mol. The molecule has 0 amide bonds. The SMILES string of the molecule is CC(Cc1cccs1)NCC1CCCN(C)C1. The van der Waals surface area contributed by atoms with Crippen LogP contribution in [0, 0.1) is 5.92 Å². The highest BCUT2D eigenvalue weighted by Crippen LogP contribution is 2.15. The Hall–Kier alpha value is -0.380. The number of likely N-dealkylation sites (tertiary alicyclic amines) is 1. The summed E-state index contributed by atoms with van der Waals surface area (Å²) in [6.45, 7) is 6.02. The fourth-order valence-corrected chi connectivity index (χ4v) is 3.45. The van der Waals surface area contributed by atoms with Gasteiger partial charge in [-0.3, -0.25) is 0 Å². The Morgan fingerprint density at radius 2 is 2.47 bits per heavy atom. The molecule has 1 aromatic rings. The van der Waals surface area contributed by atoms with Crippen LogP contribution in [0.2, 0.25) is 0 Å². The van der Waals surface area contributed by atoms with Gasteiger partial charge in [-0.15, -0.1) is 11.3 Å². The zero-order valence-electron chi connectivity index (χ0n) is 11.0. The molecule has 2 atom stereocenters. The second kappa shape index (κ2) is 6.53. The molecule has 0 saturated carbocycles. The number of thiophene rings is 1. The van der Waals surface area contributed by atoms with Gasteiger partial charge in [-0.25, -0.2) is 0 Å². The predicted molar refractivity (Wildman–Crippen MR) is 75.7 cm³/mol. The van der Waals surface area contributed by atoms with E-state index >= 15 is 0 Å². The number of rotatable bonds is 5. The van der Waals surface area contributed by atoms with Crippen LogP contribution in [-0.4, -0.2) is 37.6 Å². The minimum Gasteiger partial charge on any atom is -0.314 e. The molecule has 1 aliphatic heterocycles. The molecule has 1 N–H and O–H groups in total. The number of hydrogen-bond donors (Lipinski definition) is 1. The van der Waals surface area contributed by atoms with Gasteiger partial charge in [0.25, 0.3) is 0 Å². The second-order valence-electron chi connectivity index (χ2n) is 5.36. The first-order valence-electron chi connectivity index (χ1n) is 6.68. The summed E-state index contributed by atoms with van der Waals surface area (Å²) < 4.78 is 0. The Balaban J connectivity index is 1.67. The predicted octanol–water partition coefficient (Wildman–Crippen LogP) is 2.61. The summed E-state index contributed by atoms with van der Waals surface area (Å²) in [5, 5.41) is 5.86. The molecule has 0 spiro atoms. The van der Waals surface area contributed by atoms with Crippen LogP contribution in [0.1, 0.15) is 24.6 Å². The maximum absolute atomic E-state index is 3.69. The molecule has 0 aromatic carbocycles. The van der Waals surface area contributed by atoms with Gasteiger partial charge in [-0.05, 0) is 63.7 Å². The van der Waals surface area contributed by atoms with E-state index in [0.29, 0.717) is 6.04 Å². The first-order valence-corrected chi connectivity index (χ1v) is 7.56. The van der Waals surface area contributed by atoms with Crippen molar-refractivity contribution in [3.63, 3.8) is 0 Å². The van der Waals surface area contributed by atoms with Crippen LogP contribution >= 0.6 is 11.3 Å². The van der Waals surface area contributed by atoms with Crippen LogP contribution in [0.5, 0.6) is 0 Å². The van der Waals surface area contributed by atoms with E-state index in [1.54, 1.807) is 0 Å². The minimum atomic E-state index is 0.598. The summed E-state index contributed by atoms with van der Waals surface area (Å²) in [4.78, 5) is 3.95. The fraction of sp³-hybridized carbons (Fsp3) is 0.714. The van der Waals surface area contributed by atoms with E-state index in [1.807, 2.05) is 11.3 Å². The lowest BCUT2D eigenvalue weighted by molar-refractivity contribution is 0.203. The molecule has 0 radical (unpaired) electrons. The van der Waals surface area contributed by atoms with E-state index in [4.69, 9.17) is 0 Å². The van der Waals surface area contributed by atoms with Crippen LogP contribution in [0.15, 0.2) is 17.5 Å². The number of nitrogens with zero attached hydrogens (tertiary/aromatic N) is 1. The molecule has 2 heterocycles. The van der Waals surface area contributed by atoms with Crippen LogP contribution in [0.4, 0.5) is 0 Å². The Bertz CT molecular complexity index is 310. The molecule has 17 heavy (non-hydrogen) atoms. The van der Waals surface area contributed by atoms with Gasteiger partial charge < -0.3 is 10.2 Å². The summed E-state index contributed by atoms with van der Waals surface area (Å²) in [6, 6.07) is 4.97. The van der Waals surface area contributed by atoms with E-state index in [1.165, 1.54) is 43.8 Å². The molecule has 0 bridgehead atoms. The van der Waals surface area contributed by atoms with Gasteiger partial charge in [0.2, 0.25) is 0 Å². The van der Waals surface area contributed by atoms with Gasteiger partial charge in [0.1, 0.15) is 0 Å². The Morgan fingerprint density at radius 3 is 3.18 bits per heavy atom. The van der Waals surface area contributed by atoms with E-state index < -0.39 is 0 Å².